The zero-order valence-corrected chi connectivity index (χ0v) is 18.2. The number of hydrogen-bond donors (Lipinski definition) is 0. The molecule has 1 spiro atoms. The lowest BCUT2D eigenvalue weighted by Gasteiger charge is -2.22. The molecule has 0 bridgehead atoms. The third kappa shape index (κ3) is 3.68. The number of nitrogens with zero attached hydrogens (tertiary/aromatic N) is 3. The van der Waals surface area contributed by atoms with Gasteiger partial charge in [0.25, 0.3) is 5.91 Å². The lowest BCUT2D eigenvalue weighted by Crippen LogP contribution is -2.36. The first-order valence-corrected chi connectivity index (χ1v) is 11.0. The van der Waals surface area contributed by atoms with Gasteiger partial charge < -0.3 is 9.64 Å². The number of carbonyl (C=O) groups excluding carboxylic acids is 2. The van der Waals surface area contributed by atoms with Gasteiger partial charge in [0.05, 0.1) is 18.3 Å². The van der Waals surface area contributed by atoms with E-state index in [9.17, 15) is 22.8 Å². The highest BCUT2D eigenvalue weighted by Crippen LogP contribution is 2.50. The lowest BCUT2D eigenvalue weighted by molar-refractivity contribution is -0.120. The summed E-state index contributed by atoms with van der Waals surface area (Å²) < 4.78 is 43.4. The summed E-state index contributed by atoms with van der Waals surface area (Å²) in [7, 11) is 1.56. The van der Waals surface area contributed by atoms with Crippen molar-refractivity contribution in [2.45, 2.75) is 35.3 Å². The summed E-state index contributed by atoms with van der Waals surface area (Å²) in [6.07, 6.45) is 2.72. The Labute approximate surface area is 191 Å². The molecule has 2 heterocycles. The van der Waals surface area contributed by atoms with Crippen LogP contribution < -0.4 is 9.64 Å². The van der Waals surface area contributed by atoms with Crippen LogP contribution in [0.4, 0.5) is 23.7 Å². The zero-order chi connectivity index (χ0) is 23.4. The number of thioether (sulfide) groups is 1. The van der Waals surface area contributed by atoms with E-state index in [1.807, 2.05) is 18.2 Å². The van der Waals surface area contributed by atoms with E-state index in [0.29, 0.717) is 24.1 Å². The number of rotatable bonds is 5. The van der Waals surface area contributed by atoms with Crippen molar-refractivity contribution in [3.63, 3.8) is 0 Å². The SMILES string of the molecule is COc1cccc2nccc(CN3C(=O)N(c4ccc(SC(F)(F)F)cc4)C(=O)C34CC4)c12. The first-order valence-electron chi connectivity index (χ1n) is 10.2. The molecule has 3 amide bonds. The number of benzene rings is 2. The molecule has 6 nitrogen and oxygen atoms in total. The molecule has 1 aliphatic heterocycles. The fourth-order valence-electron chi connectivity index (χ4n) is 4.27. The van der Waals surface area contributed by atoms with Gasteiger partial charge in [0.2, 0.25) is 0 Å². The summed E-state index contributed by atoms with van der Waals surface area (Å²) in [6, 6.07) is 12.0. The molecule has 0 radical (unpaired) electrons. The van der Waals surface area contributed by atoms with E-state index < -0.39 is 17.1 Å². The molecule has 1 saturated heterocycles. The first kappa shape index (κ1) is 21.6. The molecule has 0 N–H and O–H groups in total. The number of urea groups is 1. The van der Waals surface area contributed by atoms with Crippen molar-refractivity contribution in [1.82, 2.24) is 9.88 Å². The molecule has 1 aromatic heterocycles. The Bertz CT molecular complexity index is 1250. The molecule has 2 fully saturated rings. The molecule has 2 aliphatic rings. The number of methoxy groups -OCH3 is 1. The van der Waals surface area contributed by atoms with E-state index in [0.717, 1.165) is 15.8 Å². The van der Waals surface area contributed by atoms with E-state index in [1.165, 1.54) is 24.3 Å². The second kappa shape index (κ2) is 7.65. The second-order valence-electron chi connectivity index (χ2n) is 7.91. The van der Waals surface area contributed by atoms with Crippen molar-refractivity contribution in [2.24, 2.45) is 0 Å². The van der Waals surface area contributed by atoms with Crippen molar-refractivity contribution < 1.29 is 27.5 Å². The first-order chi connectivity index (χ1) is 15.7. The number of hydrogen-bond acceptors (Lipinski definition) is 5. The quantitative estimate of drug-likeness (QED) is 0.369. The predicted molar refractivity (Wildman–Crippen MR) is 117 cm³/mol. The number of alkyl halides is 3. The van der Waals surface area contributed by atoms with Crippen LogP contribution in [-0.2, 0) is 11.3 Å². The van der Waals surface area contributed by atoms with Crippen molar-refractivity contribution >= 4 is 40.3 Å². The number of carbonyl (C=O) groups is 2. The maximum Gasteiger partial charge on any atom is 0.446 e. The van der Waals surface area contributed by atoms with Crippen LogP contribution in [0, 0.1) is 0 Å². The number of imide groups is 1. The van der Waals surface area contributed by atoms with Crippen molar-refractivity contribution in [3.05, 3.63) is 60.3 Å². The third-order valence-electron chi connectivity index (χ3n) is 5.96. The summed E-state index contributed by atoms with van der Waals surface area (Å²) >= 11 is -0.244. The predicted octanol–water partition coefficient (Wildman–Crippen LogP) is 5.36. The molecule has 3 aromatic rings. The Balaban J connectivity index is 1.47. The zero-order valence-electron chi connectivity index (χ0n) is 17.4. The molecule has 0 atom stereocenters. The smallest absolute Gasteiger partial charge is 0.446 e. The van der Waals surface area contributed by atoms with Gasteiger partial charge >= 0.3 is 11.5 Å². The number of halogens is 3. The van der Waals surface area contributed by atoms with Gasteiger partial charge in [-0.2, -0.15) is 13.2 Å². The van der Waals surface area contributed by atoms with Gasteiger partial charge in [-0.25, -0.2) is 9.69 Å². The number of anilines is 1. The second-order valence-corrected chi connectivity index (χ2v) is 9.05. The number of pyridine rings is 1. The molecule has 0 unspecified atom stereocenters. The van der Waals surface area contributed by atoms with E-state index >= 15 is 0 Å². The van der Waals surface area contributed by atoms with E-state index in [-0.39, 0.29) is 34.8 Å². The van der Waals surface area contributed by atoms with Crippen LogP contribution in [0.3, 0.4) is 0 Å². The third-order valence-corrected chi connectivity index (χ3v) is 6.69. The molecule has 170 valence electrons. The van der Waals surface area contributed by atoms with E-state index in [4.69, 9.17) is 4.74 Å². The van der Waals surface area contributed by atoms with Crippen molar-refractivity contribution in [2.75, 3.05) is 12.0 Å². The molecule has 1 aliphatic carbocycles. The maximum absolute atomic E-state index is 13.4. The van der Waals surface area contributed by atoms with E-state index in [2.05, 4.69) is 4.98 Å². The summed E-state index contributed by atoms with van der Waals surface area (Å²) in [5, 5.41) is 0.769. The molecule has 10 heteroatoms. The Morgan fingerprint density at radius 2 is 1.82 bits per heavy atom. The molecular weight excluding hydrogens is 455 g/mol. The Kier molecular flexibility index (Phi) is 5.00. The number of fused-ring (bicyclic) bond motifs is 1. The van der Waals surface area contributed by atoms with Crippen LogP contribution in [0.15, 0.2) is 59.6 Å². The lowest BCUT2D eigenvalue weighted by atomic mass is 10.1. The topological polar surface area (TPSA) is 62.7 Å². The van der Waals surface area contributed by atoms with Gasteiger partial charge in [-0.15, -0.1) is 0 Å². The minimum atomic E-state index is -4.41. The Morgan fingerprint density at radius 3 is 2.45 bits per heavy atom. The Morgan fingerprint density at radius 1 is 1.09 bits per heavy atom. The highest BCUT2D eigenvalue weighted by Gasteiger charge is 2.65. The molecule has 33 heavy (non-hydrogen) atoms. The summed E-state index contributed by atoms with van der Waals surface area (Å²) in [5.74, 6) is 0.266. The van der Waals surface area contributed by atoms with Crippen LogP contribution in [-0.4, -0.2) is 40.0 Å². The number of aromatic nitrogens is 1. The van der Waals surface area contributed by atoms with Crippen LogP contribution in [0.1, 0.15) is 18.4 Å². The van der Waals surface area contributed by atoms with Gasteiger partial charge in [-0.3, -0.25) is 9.78 Å². The number of amides is 3. The summed E-state index contributed by atoms with van der Waals surface area (Å²) in [4.78, 5) is 33.6. The van der Waals surface area contributed by atoms with Crippen LogP contribution >= 0.6 is 11.8 Å². The maximum atomic E-state index is 13.4. The molecular formula is C23H18F3N3O3S. The summed E-state index contributed by atoms with van der Waals surface area (Å²) in [5.41, 5.74) is -3.58. The molecule has 1 saturated carbocycles. The minimum absolute atomic E-state index is 0.0151. The highest BCUT2D eigenvalue weighted by atomic mass is 32.2. The normalized spacial score (nSPS) is 17.3. The highest BCUT2D eigenvalue weighted by molar-refractivity contribution is 8.00. The van der Waals surface area contributed by atoms with Crippen molar-refractivity contribution in [1.29, 1.82) is 0 Å². The summed E-state index contributed by atoms with van der Waals surface area (Å²) in [6.45, 7) is 0.183. The minimum Gasteiger partial charge on any atom is -0.496 e. The standard InChI is InChI=1S/C23H18F3N3O3S/c1-32-18-4-2-3-17-19(18)14(9-12-27-17)13-28-21(31)29(20(30)22(28)10-11-22)15-5-7-16(8-6-15)33-23(24,25)26/h2-9,12H,10-11,13H2,1H3. The van der Waals surface area contributed by atoms with Crippen LogP contribution in [0.5, 0.6) is 5.75 Å². The van der Waals surface area contributed by atoms with Crippen molar-refractivity contribution in [3.8, 4) is 5.75 Å². The average Bonchev–Trinajstić information content (AvgIpc) is 3.55. The van der Waals surface area contributed by atoms with Gasteiger partial charge in [0.1, 0.15) is 11.3 Å². The van der Waals surface area contributed by atoms with E-state index in [1.54, 1.807) is 24.3 Å². The van der Waals surface area contributed by atoms with Gasteiger partial charge in [0, 0.05) is 23.0 Å². The average molecular weight is 473 g/mol. The molecule has 2 aromatic carbocycles. The largest absolute Gasteiger partial charge is 0.496 e. The fraction of sp³-hybridized carbons (Fsp3) is 0.261. The fourth-order valence-corrected chi connectivity index (χ4v) is 4.81. The van der Waals surface area contributed by atoms with Gasteiger partial charge in [0.15, 0.2) is 0 Å². The van der Waals surface area contributed by atoms with Gasteiger partial charge in [-0.05, 0) is 72.6 Å². The molecule has 5 rings (SSSR count). The number of ether oxygens (including phenoxy) is 1. The Hall–Kier alpha value is -3.27. The monoisotopic (exact) mass is 473 g/mol. The van der Waals surface area contributed by atoms with Gasteiger partial charge in [-0.1, -0.05) is 6.07 Å². The van der Waals surface area contributed by atoms with Crippen LogP contribution in [0.2, 0.25) is 0 Å². The van der Waals surface area contributed by atoms with Crippen LogP contribution in [0.25, 0.3) is 10.9 Å².